The number of aliphatic hydroxyl groups excluding tert-OH is 1. The highest BCUT2D eigenvalue weighted by molar-refractivity contribution is 5.24. The molecule has 2 bridgehead atoms. The Hall–Kier alpha value is -0.550. The van der Waals surface area contributed by atoms with E-state index in [1.54, 1.807) is 0 Å². The summed E-state index contributed by atoms with van der Waals surface area (Å²) in [4.78, 5) is 0. The highest BCUT2D eigenvalue weighted by Crippen LogP contribution is 2.64. The van der Waals surface area contributed by atoms with Gasteiger partial charge in [-0.3, -0.25) is 0 Å². The van der Waals surface area contributed by atoms with Crippen LogP contribution in [-0.4, -0.2) is 28.1 Å². The molecule has 3 aliphatic carbocycles. The Morgan fingerprint density at radius 1 is 1.12 bits per heavy atom. The van der Waals surface area contributed by atoms with Crippen LogP contribution in [0.25, 0.3) is 0 Å². The molecule has 7 atom stereocenters. The molecule has 7 unspecified atom stereocenters. The molecular formula is C12H15F3O2. The molecule has 5 heteroatoms. The molecule has 2 nitrogen and oxygen atoms in total. The van der Waals surface area contributed by atoms with Gasteiger partial charge in [0.25, 0.3) is 0 Å². The monoisotopic (exact) mass is 248 g/mol. The summed E-state index contributed by atoms with van der Waals surface area (Å²) in [6.45, 7) is 0.785. The molecule has 2 saturated carbocycles. The van der Waals surface area contributed by atoms with Gasteiger partial charge in [0, 0.05) is 5.92 Å². The van der Waals surface area contributed by atoms with E-state index in [2.05, 4.69) is 0 Å². The normalized spacial score (nSPS) is 50.9. The minimum atomic E-state index is -4.69. The van der Waals surface area contributed by atoms with Gasteiger partial charge in [0.15, 0.2) is 5.60 Å². The van der Waals surface area contributed by atoms with Crippen molar-refractivity contribution in [3.63, 3.8) is 0 Å². The van der Waals surface area contributed by atoms with Crippen molar-refractivity contribution in [3.05, 3.63) is 12.2 Å². The summed E-state index contributed by atoms with van der Waals surface area (Å²) in [7, 11) is 0. The van der Waals surface area contributed by atoms with Crippen LogP contribution >= 0.6 is 0 Å². The topological polar surface area (TPSA) is 40.5 Å². The number of alkyl halides is 3. The summed E-state index contributed by atoms with van der Waals surface area (Å²) in [5, 5.41) is 19.6. The van der Waals surface area contributed by atoms with Crippen LogP contribution in [-0.2, 0) is 0 Å². The van der Waals surface area contributed by atoms with E-state index in [1.165, 1.54) is 0 Å². The number of allylic oxidation sites excluding steroid dienone is 2. The van der Waals surface area contributed by atoms with Gasteiger partial charge in [-0.15, -0.1) is 0 Å². The van der Waals surface area contributed by atoms with Crippen LogP contribution in [0.15, 0.2) is 12.2 Å². The smallest absolute Gasteiger partial charge is 0.392 e. The SMILES string of the molecule is CC(O)(C1C(O)C2C3C=CC(C3)C21)C(F)(F)F. The van der Waals surface area contributed by atoms with Crippen LogP contribution in [0.1, 0.15) is 13.3 Å². The Morgan fingerprint density at radius 2 is 1.65 bits per heavy atom. The molecule has 0 spiro atoms. The van der Waals surface area contributed by atoms with E-state index in [0.29, 0.717) is 0 Å². The van der Waals surface area contributed by atoms with E-state index in [-0.39, 0.29) is 23.7 Å². The molecule has 0 aliphatic heterocycles. The van der Waals surface area contributed by atoms with E-state index in [1.807, 2.05) is 12.2 Å². The van der Waals surface area contributed by atoms with Crippen LogP contribution < -0.4 is 0 Å². The van der Waals surface area contributed by atoms with E-state index in [9.17, 15) is 23.4 Å². The van der Waals surface area contributed by atoms with Gasteiger partial charge in [0.2, 0.25) is 0 Å². The van der Waals surface area contributed by atoms with Gasteiger partial charge >= 0.3 is 6.18 Å². The number of hydrogen-bond donors (Lipinski definition) is 2. The fourth-order valence-corrected chi connectivity index (χ4v) is 4.10. The summed E-state index contributed by atoms with van der Waals surface area (Å²) < 4.78 is 38.4. The highest BCUT2D eigenvalue weighted by Gasteiger charge is 2.70. The molecular weight excluding hydrogens is 233 g/mol. The van der Waals surface area contributed by atoms with Gasteiger partial charge in [-0.1, -0.05) is 12.2 Å². The Balaban J connectivity index is 1.90. The lowest BCUT2D eigenvalue weighted by Gasteiger charge is -2.55. The fraction of sp³-hybridized carbons (Fsp3) is 0.833. The summed E-state index contributed by atoms with van der Waals surface area (Å²) >= 11 is 0. The van der Waals surface area contributed by atoms with E-state index in [0.717, 1.165) is 13.3 Å². The zero-order valence-corrected chi connectivity index (χ0v) is 9.35. The lowest BCUT2D eigenvalue weighted by molar-refractivity contribution is -0.316. The average Bonchev–Trinajstić information content (AvgIpc) is 2.71. The van der Waals surface area contributed by atoms with Crippen molar-refractivity contribution >= 4 is 0 Å². The van der Waals surface area contributed by atoms with Crippen molar-refractivity contribution in [1.82, 2.24) is 0 Å². The second kappa shape index (κ2) is 3.06. The molecule has 0 aromatic rings. The number of fused-ring (bicyclic) bond motifs is 5. The summed E-state index contributed by atoms with van der Waals surface area (Å²) in [6, 6.07) is 0. The molecule has 3 rings (SSSR count). The van der Waals surface area contributed by atoms with Gasteiger partial charge in [0.05, 0.1) is 6.10 Å². The maximum atomic E-state index is 12.8. The highest BCUT2D eigenvalue weighted by atomic mass is 19.4. The lowest BCUT2D eigenvalue weighted by atomic mass is 9.53. The van der Waals surface area contributed by atoms with E-state index < -0.39 is 23.8 Å². The molecule has 96 valence electrons. The fourth-order valence-electron chi connectivity index (χ4n) is 4.10. The zero-order valence-electron chi connectivity index (χ0n) is 9.35. The Kier molecular flexibility index (Phi) is 2.08. The molecule has 0 aromatic carbocycles. The minimum absolute atomic E-state index is 0.0798. The molecule has 0 amide bonds. The minimum Gasteiger partial charge on any atom is -0.392 e. The van der Waals surface area contributed by atoms with Crippen LogP contribution in [0.3, 0.4) is 0 Å². The third-order valence-corrected chi connectivity index (χ3v) is 4.98. The number of halogens is 3. The number of rotatable bonds is 1. The third-order valence-electron chi connectivity index (χ3n) is 4.98. The van der Waals surface area contributed by atoms with Gasteiger partial charge in [-0.05, 0) is 37.0 Å². The van der Waals surface area contributed by atoms with Gasteiger partial charge < -0.3 is 10.2 Å². The van der Waals surface area contributed by atoms with Crippen LogP contribution in [0.5, 0.6) is 0 Å². The Labute approximate surface area is 97.1 Å². The first-order valence-electron chi connectivity index (χ1n) is 5.90. The van der Waals surface area contributed by atoms with Crippen molar-refractivity contribution in [2.24, 2.45) is 29.6 Å². The zero-order chi connectivity index (χ0) is 12.6. The predicted octanol–water partition coefficient (Wildman–Crippen LogP) is 1.73. The molecule has 17 heavy (non-hydrogen) atoms. The van der Waals surface area contributed by atoms with Crippen LogP contribution in [0, 0.1) is 29.6 Å². The predicted molar refractivity (Wildman–Crippen MR) is 53.9 cm³/mol. The Morgan fingerprint density at radius 3 is 2.18 bits per heavy atom. The van der Waals surface area contributed by atoms with Gasteiger partial charge in [-0.25, -0.2) is 0 Å². The summed E-state index contributed by atoms with van der Waals surface area (Å²) in [5.74, 6) is -1.06. The van der Waals surface area contributed by atoms with Gasteiger partial charge in [0.1, 0.15) is 0 Å². The molecule has 0 aromatic heterocycles. The number of hydrogen-bond acceptors (Lipinski definition) is 2. The maximum absolute atomic E-state index is 12.8. The summed E-state index contributed by atoms with van der Waals surface area (Å²) in [5.41, 5.74) is -2.79. The molecule has 0 saturated heterocycles. The molecule has 2 N–H and O–H groups in total. The molecule has 0 radical (unpaired) electrons. The Bertz CT molecular complexity index is 374. The van der Waals surface area contributed by atoms with Crippen molar-refractivity contribution in [2.75, 3.05) is 0 Å². The van der Waals surface area contributed by atoms with Crippen molar-refractivity contribution in [3.8, 4) is 0 Å². The van der Waals surface area contributed by atoms with Crippen molar-refractivity contribution in [1.29, 1.82) is 0 Å². The van der Waals surface area contributed by atoms with Crippen LogP contribution in [0.2, 0.25) is 0 Å². The maximum Gasteiger partial charge on any atom is 0.417 e. The molecule has 0 heterocycles. The van der Waals surface area contributed by atoms with Crippen LogP contribution in [0.4, 0.5) is 13.2 Å². The quantitative estimate of drug-likeness (QED) is 0.694. The second-order valence-corrected chi connectivity index (χ2v) is 5.76. The van der Waals surface area contributed by atoms with E-state index in [4.69, 9.17) is 0 Å². The largest absolute Gasteiger partial charge is 0.417 e. The summed E-state index contributed by atoms with van der Waals surface area (Å²) in [6.07, 6.45) is -0.951. The van der Waals surface area contributed by atoms with Crippen molar-refractivity contribution < 1.29 is 23.4 Å². The average molecular weight is 248 g/mol. The number of aliphatic hydroxyl groups is 2. The lowest BCUT2D eigenvalue weighted by Crippen LogP contribution is -2.66. The van der Waals surface area contributed by atoms with Crippen molar-refractivity contribution in [2.45, 2.75) is 31.2 Å². The first kappa shape index (κ1) is 11.5. The third kappa shape index (κ3) is 1.24. The molecule has 2 fully saturated rings. The van der Waals surface area contributed by atoms with Gasteiger partial charge in [-0.2, -0.15) is 13.2 Å². The second-order valence-electron chi connectivity index (χ2n) is 5.76. The first-order valence-corrected chi connectivity index (χ1v) is 5.90. The van der Waals surface area contributed by atoms with E-state index >= 15 is 0 Å². The molecule has 3 aliphatic rings. The first-order chi connectivity index (χ1) is 7.75. The standard InChI is InChI=1S/C12H15F3O2/c1-11(17,12(13,14)15)9-7-5-2-3-6(4-5)8(7)10(9)16/h2-3,5-10,16-17H,4H2,1H3.